The third-order valence-corrected chi connectivity index (χ3v) is 8.19. The summed E-state index contributed by atoms with van der Waals surface area (Å²) in [5.74, 6) is -3.02. The molecule has 0 fully saturated rings. The van der Waals surface area contributed by atoms with Crippen molar-refractivity contribution in [3.05, 3.63) is 27.6 Å². The summed E-state index contributed by atoms with van der Waals surface area (Å²) >= 11 is 0. The van der Waals surface area contributed by atoms with Crippen molar-refractivity contribution in [1.82, 2.24) is 0 Å². The van der Waals surface area contributed by atoms with Gasteiger partial charge in [-0.3, -0.25) is 18.5 Å². The van der Waals surface area contributed by atoms with Crippen molar-refractivity contribution in [3.63, 3.8) is 0 Å². The van der Waals surface area contributed by atoms with E-state index in [-0.39, 0.29) is 24.0 Å². The van der Waals surface area contributed by atoms with Gasteiger partial charge in [-0.1, -0.05) is 0 Å². The second-order valence-corrected chi connectivity index (χ2v) is 11.4. The number of anilines is 1. The standard InChI is InChI=1S/C15H15NO13S3/c16-12-9(31(23,24)25)3-7-11-5(8(4-10(17)18)30(20,21)22)1-2-6(11)15(19)29-13(7)14(12)32(26,27)28/h3,5,8H,1-2,4,16H2,(H,17,18)(H,20,21,22)(H,23,24,25)(H,26,27,28). The molecule has 0 saturated carbocycles. The van der Waals surface area contributed by atoms with Crippen molar-refractivity contribution in [2.75, 3.05) is 5.73 Å². The number of carboxylic acids is 1. The third kappa shape index (κ3) is 4.09. The highest BCUT2D eigenvalue weighted by molar-refractivity contribution is 7.87. The summed E-state index contributed by atoms with van der Waals surface area (Å²) in [5.41, 5.74) is 1.67. The second kappa shape index (κ2) is 7.49. The molecule has 14 nitrogen and oxygen atoms in total. The first-order valence-corrected chi connectivity index (χ1v) is 12.9. The van der Waals surface area contributed by atoms with E-state index in [2.05, 4.69) is 0 Å². The van der Waals surface area contributed by atoms with Gasteiger partial charge in [-0.15, -0.1) is 0 Å². The molecule has 1 aromatic heterocycles. The first-order chi connectivity index (χ1) is 14.4. The van der Waals surface area contributed by atoms with Crippen LogP contribution in [0.3, 0.4) is 0 Å². The molecule has 32 heavy (non-hydrogen) atoms. The lowest BCUT2D eigenvalue weighted by Crippen LogP contribution is -2.30. The summed E-state index contributed by atoms with van der Waals surface area (Å²) in [6.07, 6.45) is -1.49. The molecule has 2 atom stereocenters. The number of nitrogens with two attached hydrogens (primary N) is 1. The first-order valence-electron chi connectivity index (χ1n) is 8.49. The Labute approximate surface area is 179 Å². The molecular formula is C15H15NO13S3. The van der Waals surface area contributed by atoms with E-state index in [0.717, 1.165) is 0 Å². The number of carboxylic acid groups (broad SMARTS) is 1. The molecule has 2 aromatic rings. The number of benzene rings is 1. The molecule has 1 aliphatic carbocycles. The van der Waals surface area contributed by atoms with Crippen molar-refractivity contribution >= 4 is 53.0 Å². The molecule has 0 amide bonds. The normalized spacial score (nSPS) is 17.9. The molecule has 0 saturated heterocycles. The van der Waals surface area contributed by atoms with Crippen LogP contribution < -0.4 is 11.4 Å². The van der Waals surface area contributed by atoms with Gasteiger partial charge in [-0.05, 0) is 24.5 Å². The summed E-state index contributed by atoms with van der Waals surface area (Å²) in [7, 11) is -15.6. The van der Waals surface area contributed by atoms with E-state index in [4.69, 9.17) is 15.3 Å². The summed E-state index contributed by atoms with van der Waals surface area (Å²) < 4.78 is 105. The number of nitrogen functional groups attached to an aromatic ring is 1. The van der Waals surface area contributed by atoms with Gasteiger partial charge < -0.3 is 15.3 Å². The summed E-state index contributed by atoms with van der Waals surface area (Å²) in [6, 6.07) is 0.608. The van der Waals surface area contributed by atoms with Gasteiger partial charge in [0.1, 0.15) is 10.1 Å². The molecule has 0 bridgehead atoms. The van der Waals surface area contributed by atoms with E-state index < -0.39 is 86.0 Å². The minimum Gasteiger partial charge on any atom is -0.481 e. The quantitative estimate of drug-likeness (QED) is 0.187. The SMILES string of the molecule is Nc1c(S(=O)(=O)O)cc2c3c(c(=O)oc2c1S(=O)(=O)O)CCC3C(CC(=O)O)S(=O)(=O)O. The van der Waals surface area contributed by atoms with Gasteiger partial charge in [-0.25, -0.2) is 4.79 Å². The van der Waals surface area contributed by atoms with Gasteiger partial charge in [0, 0.05) is 16.9 Å². The van der Waals surface area contributed by atoms with E-state index >= 15 is 0 Å². The van der Waals surface area contributed by atoms with Gasteiger partial charge in [-0.2, -0.15) is 25.3 Å². The van der Waals surface area contributed by atoms with Crippen LogP contribution in [0, 0.1) is 0 Å². The van der Waals surface area contributed by atoms with Gasteiger partial charge >= 0.3 is 11.6 Å². The van der Waals surface area contributed by atoms with Crippen LogP contribution in [0.15, 0.2) is 25.1 Å². The van der Waals surface area contributed by atoms with Crippen LogP contribution in [0.5, 0.6) is 0 Å². The maximum Gasteiger partial charge on any atom is 0.339 e. The lowest BCUT2D eigenvalue weighted by molar-refractivity contribution is -0.137. The number of fused-ring (bicyclic) bond motifs is 3. The Morgan fingerprint density at radius 2 is 1.72 bits per heavy atom. The van der Waals surface area contributed by atoms with Crippen LogP contribution in [0.25, 0.3) is 11.0 Å². The highest BCUT2D eigenvalue weighted by Crippen LogP contribution is 2.44. The molecule has 1 aliphatic rings. The number of hydrogen-bond donors (Lipinski definition) is 5. The molecule has 176 valence electrons. The Bertz CT molecular complexity index is 1540. The molecule has 0 aliphatic heterocycles. The van der Waals surface area contributed by atoms with Crippen molar-refractivity contribution in [1.29, 1.82) is 0 Å². The molecule has 0 radical (unpaired) electrons. The molecule has 1 heterocycles. The first kappa shape index (κ1) is 24.1. The minimum absolute atomic E-state index is 0.184. The number of aliphatic carboxylic acids is 1. The number of hydrogen-bond acceptors (Lipinski definition) is 10. The number of rotatable bonds is 6. The predicted octanol–water partition coefficient (Wildman–Crippen LogP) is -0.370. The van der Waals surface area contributed by atoms with Gasteiger partial charge in [0.05, 0.1) is 12.1 Å². The van der Waals surface area contributed by atoms with E-state index in [1.54, 1.807) is 0 Å². The topological polar surface area (TPSA) is 257 Å². The van der Waals surface area contributed by atoms with Crippen LogP contribution in [-0.4, -0.2) is 55.2 Å². The molecule has 6 N–H and O–H groups in total. The largest absolute Gasteiger partial charge is 0.481 e. The zero-order chi connectivity index (χ0) is 24.4. The molecule has 2 unspecified atom stereocenters. The Kier molecular flexibility index (Phi) is 5.64. The average Bonchev–Trinajstić information content (AvgIpc) is 3.01. The maximum atomic E-state index is 12.5. The third-order valence-electron chi connectivity index (χ3n) is 5.11. The zero-order valence-corrected chi connectivity index (χ0v) is 18.1. The fourth-order valence-electron chi connectivity index (χ4n) is 3.93. The van der Waals surface area contributed by atoms with Crippen LogP contribution in [0.2, 0.25) is 0 Å². The fraction of sp³-hybridized carbons (Fsp3) is 0.333. The molecular weight excluding hydrogens is 498 g/mol. The Morgan fingerprint density at radius 1 is 1.12 bits per heavy atom. The van der Waals surface area contributed by atoms with Crippen LogP contribution in [0.1, 0.15) is 29.9 Å². The summed E-state index contributed by atoms with van der Waals surface area (Å²) in [6.45, 7) is 0. The van der Waals surface area contributed by atoms with Gasteiger partial charge in [0.15, 0.2) is 10.5 Å². The Balaban J connectivity index is 2.56. The summed E-state index contributed by atoms with van der Waals surface area (Å²) in [5, 5.41) is 6.54. The fourth-order valence-corrected chi connectivity index (χ4v) is 6.46. The Morgan fingerprint density at radius 3 is 2.19 bits per heavy atom. The maximum absolute atomic E-state index is 12.5. The number of carbonyl (C=O) groups is 1. The summed E-state index contributed by atoms with van der Waals surface area (Å²) in [4.78, 5) is 21.1. The highest BCUT2D eigenvalue weighted by Gasteiger charge is 2.42. The van der Waals surface area contributed by atoms with Gasteiger partial charge in [0.2, 0.25) is 0 Å². The van der Waals surface area contributed by atoms with Crippen LogP contribution in [-0.2, 0) is 41.6 Å². The van der Waals surface area contributed by atoms with Crippen LogP contribution >= 0.6 is 0 Å². The predicted molar refractivity (Wildman–Crippen MR) is 105 cm³/mol. The van der Waals surface area contributed by atoms with Crippen LogP contribution in [0.4, 0.5) is 5.69 Å². The molecule has 17 heteroatoms. The Hall–Kier alpha value is -2.57. The van der Waals surface area contributed by atoms with Gasteiger partial charge in [0.25, 0.3) is 30.4 Å². The molecule has 0 spiro atoms. The van der Waals surface area contributed by atoms with E-state index in [1.165, 1.54) is 0 Å². The minimum atomic E-state index is -5.36. The lowest BCUT2D eigenvalue weighted by Gasteiger charge is -2.22. The van der Waals surface area contributed by atoms with Crippen molar-refractivity contribution < 1.29 is 53.2 Å². The lowest BCUT2D eigenvalue weighted by atomic mass is 9.93. The van der Waals surface area contributed by atoms with Crippen molar-refractivity contribution in [2.45, 2.75) is 40.2 Å². The van der Waals surface area contributed by atoms with Crippen molar-refractivity contribution in [3.8, 4) is 0 Å². The highest BCUT2D eigenvalue weighted by atomic mass is 32.2. The molecule has 3 rings (SSSR count). The van der Waals surface area contributed by atoms with E-state index in [0.29, 0.717) is 6.07 Å². The molecule has 1 aromatic carbocycles. The monoisotopic (exact) mass is 513 g/mol. The van der Waals surface area contributed by atoms with E-state index in [9.17, 15) is 48.5 Å². The smallest absolute Gasteiger partial charge is 0.339 e. The second-order valence-electron chi connectivity index (χ2n) is 7.02. The van der Waals surface area contributed by atoms with Crippen molar-refractivity contribution in [2.24, 2.45) is 0 Å². The zero-order valence-electron chi connectivity index (χ0n) is 15.6. The van der Waals surface area contributed by atoms with E-state index in [1.807, 2.05) is 0 Å². The average molecular weight is 513 g/mol.